The van der Waals surface area contributed by atoms with Gasteiger partial charge in [-0.15, -0.1) is 0 Å². The fourth-order valence-corrected chi connectivity index (χ4v) is 1.78. The number of nitrogens with zero attached hydrogens (tertiary/aromatic N) is 1. The Kier molecular flexibility index (Phi) is 3.18. The lowest BCUT2D eigenvalue weighted by Crippen LogP contribution is -2.11. The molecule has 0 radical (unpaired) electrons. The Morgan fingerprint density at radius 3 is 2.53 bits per heavy atom. The number of aromatic nitrogens is 1. The van der Waals surface area contributed by atoms with Crippen molar-refractivity contribution in [3.05, 3.63) is 10.6 Å². The Morgan fingerprint density at radius 1 is 1.60 bits per heavy atom. The van der Waals surface area contributed by atoms with Crippen molar-refractivity contribution in [2.45, 2.75) is 13.1 Å². The lowest BCUT2D eigenvalue weighted by molar-refractivity contribution is -0.141. The van der Waals surface area contributed by atoms with E-state index >= 15 is 0 Å². The topological polar surface area (TPSA) is 62.2 Å². The van der Waals surface area contributed by atoms with Crippen LogP contribution < -0.4 is 5.32 Å². The zero-order chi connectivity index (χ0) is 11.6. The van der Waals surface area contributed by atoms with Gasteiger partial charge in [-0.2, -0.15) is 13.2 Å². The normalized spacial score (nSPS) is 11.5. The number of anilines is 1. The number of carboxylic acids is 1. The molecule has 0 saturated carbocycles. The highest BCUT2D eigenvalue weighted by Crippen LogP contribution is 2.35. The van der Waals surface area contributed by atoms with Gasteiger partial charge in [0.05, 0.1) is 0 Å². The maximum Gasteiger partial charge on any atom is 0.435 e. The first-order valence-corrected chi connectivity index (χ1v) is 4.73. The number of hydrogen-bond acceptors (Lipinski definition) is 4. The number of carbonyl (C=O) groups is 1. The number of halogens is 3. The summed E-state index contributed by atoms with van der Waals surface area (Å²) in [6, 6.07) is 0. The molecule has 0 fully saturated rings. The van der Waals surface area contributed by atoms with E-state index in [-0.39, 0.29) is 5.13 Å². The van der Waals surface area contributed by atoms with E-state index in [1.54, 1.807) is 6.92 Å². The molecule has 0 aliphatic carbocycles. The molecule has 2 N–H and O–H groups in total. The molecule has 1 heterocycles. The average molecular weight is 240 g/mol. The molecule has 0 amide bonds. The average Bonchev–Trinajstić information content (AvgIpc) is 2.48. The van der Waals surface area contributed by atoms with E-state index in [2.05, 4.69) is 10.3 Å². The van der Waals surface area contributed by atoms with Crippen LogP contribution in [0.15, 0.2) is 0 Å². The maximum atomic E-state index is 12.3. The van der Waals surface area contributed by atoms with Crippen molar-refractivity contribution in [2.75, 3.05) is 11.9 Å². The van der Waals surface area contributed by atoms with Crippen LogP contribution in [-0.4, -0.2) is 22.6 Å². The zero-order valence-corrected chi connectivity index (χ0v) is 8.37. The zero-order valence-electron chi connectivity index (χ0n) is 7.55. The van der Waals surface area contributed by atoms with Gasteiger partial charge in [-0.25, -0.2) is 9.78 Å². The smallest absolute Gasteiger partial charge is 0.435 e. The van der Waals surface area contributed by atoms with Gasteiger partial charge < -0.3 is 10.4 Å². The molecule has 0 aliphatic heterocycles. The largest absolute Gasteiger partial charge is 0.477 e. The van der Waals surface area contributed by atoms with Crippen LogP contribution in [0.1, 0.15) is 22.3 Å². The van der Waals surface area contributed by atoms with Crippen LogP contribution >= 0.6 is 11.3 Å². The highest BCUT2D eigenvalue weighted by molar-refractivity contribution is 7.17. The van der Waals surface area contributed by atoms with E-state index in [0.29, 0.717) is 17.9 Å². The Morgan fingerprint density at radius 2 is 2.20 bits per heavy atom. The molecule has 0 atom stereocenters. The third kappa shape index (κ3) is 2.58. The highest BCUT2D eigenvalue weighted by Gasteiger charge is 2.39. The molecule has 0 spiro atoms. The van der Waals surface area contributed by atoms with Gasteiger partial charge >= 0.3 is 12.1 Å². The molecule has 0 unspecified atom stereocenters. The molecule has 84 valence electrons. The highest BCUT2D eigenvalue weighted by atomic mass is 32.1. The van der Waals surface area contributed by atoms with Crippen molar-refractivity contribution in [2.24, 2.45) is 0 Å². The van der Waals surface area contributed by atoms with Crippen molar-refractivity contribution >= 4 is 22.4 Å². The van der Waals surface area contributed by atoms with Crippen molar-refractivity contribution in [1.82, 2.24) is 4.98 Å². The van der Waals surface area contributed by atoms with E-state index in [1.165, 1.54) is 0 Å². The van der Waals surface area contributed by atoms with E-state index < -0.39 is 22.7 Å². The molecule has 4 nitrogen and oxygen atoms in total. The van der Waals surface area contributed by atoms with Crippen molar-refractivity contribution in [3.8, 4) is 0 Å². The van der Waals surface area contributed by atoms with Crippen LogP contribution in [0, 0.1) is 0 Å². The van der Waals surface area contributed by atoms with Crippen LogP contribution in [0.4, 0.5) is 18.3 Å². The Balaban J connectivity index is 3.18. The minimum atomic E-state index is -4.74. The predicted octanol–water partition coefficient (Wildman–Crippen LogP) is 2.29. The van der Waals surface area contributed by atoms with Gasteiger partial charge in [-0.1, -0.05) is 11.3 Å². The van der Waals surface area contributed by atoms with E-state index in [4.69, 9.17) is 5.11 Å². The Hall–Kier alpha value is -1.31. The number of alkyl halides is 3. The molecule has 0 saturated heterocycles. The van der Waals surface area contributed by atoms with Gasteiger partial charge in [0.1, 0.15) is 4.88 Å². The molecule has 1 aromatic rings. The third-order valence-electron chi connectivity index (χ3n) is 1.42. The van der Waals surface area contributed by atoms with E-state index in [9.17, 15) is 18.0 Å². The monoisotopic (exact) mass is 240 g/mol. The summed E-state index contributed by atoms with van der Waals surface area (Å²) in [5.74, 6) is -1.62. The number of nitrogens with one attached hydrogen (secondary N) is 1. The number of hydrogen-bond donors (Lipinski definition) is 2. The van der Waals surface area contributed by atoms with Crippen LogP contribution in [-0.2, 0) is 6.18 Å². The number of rotatable bonds is 3. The maximum absolute atomic E-state index is 12.3. The number of aromatic carboxylic acids is 1. The third-order valence-corrected chi connectivity index (χ3v) is 2.42. The van der Waals surface area contributed by atoms with Gasteiger partial charge in [-0.05, 0) is 6.92 Å². The fraction of sp³-hybridized carbons (Fsp3) is 0.429. The summed E-state index contributed by atoms with van der Waals surface area (Å²) < 4.78 is 36.9. The van der Waals surface area contributed by atoms with Gasteiger partial charge in [0.15, 0.2) is 10.8 Å². The molecule has 0 bridgehead atoms. The summed E-state index contributed by atoms with van der Waals surface area (Å²) in [5.41, 5.74) is -1.35. The predicted molar refractivity (Wildman–Crippen MR) is 48.2 cm³/mol. The summed E-state index contributed by atoms with van der Waals surface area (Å²) in [7, 11) is 0. The number of thiazole rings is 1. The standard InChI is InChI=1S/C7H7F3N2O2S/c1-2-11-6-12-4(7(8,9)10)3(15-6)5(13)14/h2H2,1H3,(H,11,12)(H,13,14). The van der Waals surface area contributed by atoms with Gasteiger partial charge in [0, 0.05) is 6.54 Å². The second kappa shape index (κ2) is 4.05. The van der Waals surface area contributed by atoms with Crippen LogP contribution in [0.25, 0.3) is 0 Å². The first-order valence-electron chi connectivity index (χ1n) is 3.91. The van der Waals surface area contributed by atoms with E-state index in [0.717, 1.165) is 0 Å². The Labute approximate surface area is 86.8 Å². The summed E-state index contributed by atoms with van der Waals surface area (Å²) >= 11 is 0.477. The van der Waals surface area contributed by atoms with Crippen molar-refractivity contribution < 1.29 is 23.1 Å². The molecule has 0 aromatic carbocycles. The van der Waals surface area contributed by atoms with Crippen molar-refractivity contribution in [3.63, 3.8) is 0 Å². The quantitative estimate of drug-likeness (QED) is 0.850. The fourth-order valence-electron chi connectivity index (χ4n) is 0.884. The Bertz CT molecular complexity index is 375. The molecular formula is C7H7F3N2O2S. The summed E-state index contributed by atoms with van der Waals surface area (Å²) in [5, 5.41) is 11.1. The first kappa shape index (κ1) is 11.8. The summed E-state index contributed by atoms with van der Waals surface area (Å²) in [4.78, 5) is 12.9. The summed E-state index contributed by atoms with van der Waals surface area (Å²) in [6.07, 6.45) is -4.74. The second-order valence-corrected chi connectivity index (χ2v) is 3.53. The van der Waals surface area contributed by atoms with Gasteiger partial charge in [-0.3, -0.25) is 0 Å². The first-order chi connectivity index (χ1) is 6.86. The van der Waals surface area contributed by atoms with Crippen LogP contribution in [0.5, 0.6) is 0 Å². The minimum absolute atomic E-state index is 0.0396. The molecular weight excluding hydrogens is 233 g/mol. The molecule has 15 heavy (non-hydrogen) atoms. The molecule has 0 aliphatic rings. The van der Waals surface area contributed by atoms with Gasteiger partial charge in [0.25, 0.3) is 0 Å². The molecule has 1 rings (SSSR count). The SMILES string of the molecule is CCNc1nc(C(F)(F)F)c(C(=O)O)s1. The van der Waals surface area contributed by atoms with Crippen LogP contribution in [0.3, 0.4) is 0 Å². The van der Waals surface area contributed by atoms with Gasteiger partial charge in [0.2, 0.25) is 0 Å². The summed E-state index contributed by atoms with van der Waals surface area (Å²) in [6.45, 7) is 2.05. The van der Waals surface area contributed by atoms with Crippen molar-refractivity contribution in [1.29, 1.82) is 0 Å². The molecule has 8 heteroatoms. The van der Waals surface area contributed by atoms with Crippen LogP contribution in [0.2, 0.25) is 0 Å². The minimum Gasteiger partial charge on any atom is -0.477 e. The second-order valence-electron chi connectivity index (χ2n) is 2.53. The molecule has 1 aromatic heterocycles. The lowest BCUT2D eigenvalue weighted by atomic mass is 10.3. The number of carboxylic acid groups (broad SMARTS) is 1. The lowest BCUT2D eigenvalue weighted by Gasteiger charge is -2.02. The van der Waals surface area contributed by atoms with E-state index in [1.807, 2.05) is 0 Å².